The molecule has 0 aliphatic carbocycles. The van der Waals surface area contributed by atoms with E-state index in [2.05, 4.69) is 17.2 Å². The van der Waals surface area contributed by atoms with Gasteiger partial charge in [0.25, 0.3) is 5.69 Å². The summed E-state index contributed by atoms with van der Waals surface area (Å²) in [5.41, 5.74) is 4.42. The van der Waals surface area contributed by atoms with Gasteiger partial charge in [0.2, 0.25) is 0 Å². The van der Waals surface area contributed by atoms with Crippen LogP contribution in [-0.4, -0.2) is 23.0 Å². The highest BCUT2D eigenvalue weighted by Crippen LogP contribution is 2.27. The van der Waals surface area contributed by atoms with Crippen molar-refractivity contribution in [2.24, 2.45) is 0 Å². The Bertz CT molecular complexity index is 667. The Kier molecular flexibility index (Phi) is 2.91. The van der Waals surface area contributed by atoms with Crippen LogP contribution in [0.5, 0.6) is 0 Å². The SMILES string of the molecule is Cc1c2c(nc3cc([N+](=O)[O-])ccc13)CCNCC2. The third-order valence-electron chi connectivity index (χ3n) is 3.74. The summed E-state index contributed by atoms with van der Waals surface area (Å²) in [6.07, 6.45) is 1.86. The summed E-state index contributed by atoms with van der Waals surface area (Å²) in [6.45, 7) is 3.97. The third kappa shape index (κ3) is 2.06. The Balaban J connectivity index is 2.24. The first-order chi connectivity index (χ1) is 9.16. The molecule has 98 valence electrons. The van der Waals surface area contributed by atoms with Crippen molar-refractivity contribution in [2.45, 2.75) is 19.8 Å². The molecule has 1 aromatic heterocycles. The van der Waals surface area contributed by atoms with Gasteiger partial charge in [-0.25, -0.2) is 0 Å². The minimum Gasteiger partial charge on any atom is -0.316 e. The fourth-order valence-electron chi connectivity index (χ4n) is 2.72. The number of nitro benzene ring substituents is 1. The number of nitrogens with zero attached hydrogens (tertiary/aromatic N) is 2. The zero-order chi connectivity index (χ0) is 13.4. The van der Waals surface area contributed by atoms with Crippen molar-refractivity contribution in [3.63, 3.8) is 0 Å². The van der Waals surface area contributed by atoms with Gasteiger partial charge in [0.15, 0.2) is 0 Å². The van der Waals surface area contributed by atoms with Gasteiger partial charge in [-0.1, -0.05) is 0 Å². The van der Waals surface area contributed by atoms with E-state index in [4.69, 9.17) is 0 Å². The molecule has 0 saturated carbocycles. The monoisotopic (exact) mass is 257 g/mol. The summed E-state index contributed by atoms with van der Waals surface area (Å²) < 4.78 is 0. The molecule has 2 aromatic rings. The molecule has 5 nitrogen and oxygen atoms in total. The molecule has 0 bridgehead atoms. The van der Waals surface area contributed by atoms with E-state index in [9.17, 15) is 10.1 Å². The normalized spacial score (nSPS) is 15.0. The standard InChI is InChI=1S/C14H15N3O2/c1-9-11-3-2-10(17(18)19)8-14(11)16-13-5-7-15-6-4-12(9)13/h2-3,8,15H,4-7H2,1H3. The topological polar surface area (TPSA) is 68.1 Å². The van der Waals surface area contributed by atoms with E-state index in [-0.39, 0.29) is 10.6 Å². The van der Waals surface area contributed by atoms with Gasteiger partial charge in [0.05, 0.1) is 10.4 Å². The molecule has 0 fully saturated rings. The fraction of sp³-hybridized carbons (Fsp3) is 0.357. The maximum absolute atomic E-state index is 10.8. The van der Waals surface area contributed by atoms with Crippen molar-refractivity contribution >= 4 is 16.6 Å². The van der Waals surface area contributed by atoms with Gasteiger partial charge in [-0.3, -0.25) is 15.1 Å². The molecule has 0 saturated heterocycles. The summed E-state index contributed by atoms with van der Waals surface area (Å²) in [6, 6.07) is 4.94. The number of pyridine rings is 1. The predicted molar refractivity (Wildman–Crippen MR) is 73.4 cm³/mol. The van der Waals surface area contributed by atoms with E-state index in [0.717, 1.165) is 42.5 Å². The number of fused-ring (bicyclic) bond motifs is 2. The Morgan fingerprint density at radius 3 is 2.89 bits per heavy atom. The largest absolute Gasteiger partial charge is 0.316 e. The number of rotatable bonds is 1. The number of benzene rings is 1. The number of hydrogen-bond acceptors (Lipinski definition) is 4. The van der Waals surface area contributed by atoms with Gasteiger partial charge in [-0.15, -0.1) is 0 Å². The summed E-state index contributed by atoms with van der Waals surface area (Å²) in [7, 11) is 0. The second kappa shape index (κ2) is 4.59. The van der Waals surface area contributed by atoms with Crippen molar-refractivity contribution < 1.29 is 4.92 Å². The van der Waals surface area contributed by atoms with Crippen LogP contribution in [-0.2, 0) is 12.8 Å². The lowest BCUT2D eigenvalue weighted by molar-refractivity contribution is -0.384. The molecular formula is C14H15N3O2. The van der Waals surface area contributed by atoms with Gasteiger partial charge in [-0.05, 0) is 37.1 Å². The number of aryl methyl sites for hydroxylation is 1. The highest BCUT2D eigenvalue weighted by atomic mass is 16.6. The summed E-state index contributed by atoms with van der Waals surface area (Å²) in [5, 5.41) is 15.2. The second-order valence-electron chi connectivity index (χ2n) is 4.87. The molecule has 1 aromatic carbocycles. The lowest BCUT2D eigenvalue weighted by atomic mass is 9.98. The van der Waals surface area contributed by atoms with Crippen molar-refractivity contribution in [3.05, 3.63) is 45.1 Å². The van der Waals surface area contributed by atoms with Crippen LogP contribution in [0.1, 0.15) is 16.8 Å². The van der Waals surface area contributed by atoms with Crippen LogP contribution >= 0.6 is 0 Å². The van der Waals surface area contributed by atoms with Gasteiger partial charge in [0.1, 0.15) is 0 Å². The smallest absolute Gasteiger partial charge is 0.271 e. The minimum atomic E-state index is -0.371. The minimum absolute atomic E-state index is 0.103. The Hall–Kier alpha value is -2.01. The molecule has 1 aliphatic heterocycles. The average molecular weight is 257 g/mol. The molecule has 0 unspecified atom stereocenters. The van der Waals surface area contributed by atoms with Gasteiger partial charge in [0, 0.05) is 36.2 Å². The average Bonchev–Trinajstić information content (AvgIpc) is 2.63. The number of aromatic nitrogens is 1. The number of hydrogen-bond donors (Lipinski definition) is 1. The molecule has 0 amide bonds. The van der Waals surface area contributed by atoms with E-state index in [1.54, 1.807) is 12.1 Å². The zero-order valence-corrected chi connectivity index (χ0v) is 10.8. The first kappa shape index (κ1) is 12.0. The molecule has 3 rings (SSSR count). The lowest BCUT2D eigenvalue weighted by Crippen LogP contribution is -2.16. The van der Waals surface area contributed by atoms with Crippen molar-refractivity contribution in [3.8, 4) is 0 Å². The van der Waals surface area contributed by atoms with E-state index < -0.39 is 0 Å². The molecule has 0 spiro atoms. The van der Waals surface area contributed by atoms with Crippen LogP contribution in [0.25, 0.3) is 10.9 Å². The molecular weight excluding hydrogens is 242 g/mol. The second-order valence-corrected chi connectivity index (χ2v) is 4.87. The van der Waals surface area contributed by atoms with E-state index in [0.29, 0.717) is 0 Å². The molecule has 0 radical (unpaired) electrons. The van der Waals surface area contributed by atoms with Crippen molar-refractivity contribution in [1.82, 2.24) is 10.3 Å². The Morgan fingerprint density at radius 1 is 1.32 bits per heavy atom. The van der Waals surface area contributed by atoms with E-state index in [1.165, 1.54) is 11.1 Å². The van der Waals surface area contributed by atoms with Crippen LogP contribution in [0.2, 0.25) is 0 Å². The first-order valence-electron chi connectivity index (χ1n) is 6.44. The van der Waals surface area contributed by atoms with Crippen LogP contribution in [0.15, 0.2) is 18.2 Å². The fourth-order valence-corrected chi connectivity index (χ4v) is 2.72. The summed E-state index contributed by atoms with van der Waals surface area (Å²) in [4.78, 5) is 15.1. The highest BCUT2D eigenvalue weighted by molar-refractivity contribution is 5.85. The number of nitro groups is 1. The molecule has 1 N–H and O–H groups in total. The van der Waals surface area contributed by atoms with Gasteiger partial charge >= 0.3 is 0 Å². The van der Waals surface area contributed by atoms with Gasteiger partial charge < -0.3 is 5.32 Å². The molecule has 19 heavy (non-hydrogen) atoms. The van der Waals surface area contributed by atoms with Crippen LogP contribution in [0.4, 0.5) is 5.69 Å². The van der Waals surface area contributed by atoms with E-state index >= 15 is 0 Å². The predicted octanol–water partition coefficient (Wildman–Crippen LogP) is 2.14. The molecule has 5 heteroatoms. The molecule has 0 atom stereocenters. The van der Waals surface area contributed by atoms with Gasteiger partial charge in [-0.2, -0.15) is 0 Å². The summed E-state index contributed by atoms with van der Waals surface area (Å²) >= 11 is 0. The first-order valence-corrected chi connectivity index (χ1v) is 6.44. The lowest BCUT2D eigenvalue weighted by Gasteiger charge is -2.11. The van der Waals surface area contributed by atoms with E-state index in [1.807, 2.05) is 6.07 Å². The quantitative estimate of drug-likeness (QED) is 0.627. The summed E-state index contributed by atoms with van der Waals surface area (Å²) in [5.74, 6) is 0. The Morgan fingerprint density at radius 2 is 2.11 bits per heavy atom. The molecule has 2 heterocycles. The van der Waals surface area contributed by atoms with Crippen LogP contribution in [0.3, 0.4) is 0 Å². The zero-order valence-electron chi connectivity index (χ0n) is 10.8. The Labute approximate surface area is 110 Å². The third-order valence-corrected chi connectivity index (χ3v) is 3.74. The van der Waals surface area contributed by atoms with Crippen molar-refractivity contribution in [2.75, 3.05) is 13.1 Å². The maximum atomic E-state index is 10.8. The number of nitrogens with one attached hydrogen (secondary N) is 1. The number of non-ortho nitro benzene ring substituents is 1. The van der Waals surface area contributed by atoms with Crippen LogP contribution < -0.4 is 5.32 Å². The van der Waals surface area contributed by atoms with Crippen molar-refractivity contribution in [1.29, 1.82) is 0 Å². The van der Waals surface area contributed by atoms with Crippen LogP contribution in [0, 0.1) is 17.0 Å². The maximum Gasteiger partial charge on any atom is 0.271 e. The molecule has 1 aliphatic rings. The highest BCUT2D eigenvalue weighted by Gasteiger charge is 2.16.